The Morgan fingerprint density at radius 2 is 2.50 bits per heavy atom. The van der Waals surface area contributed by atoms with E-state index in [0.717, 1.165) is 0 Å². The largest absolute Gasteiger partial charge is 0.437 e. The highest BCUT2D eigenvalue weighted by Gasteiger charge is 2.38. The molecule has 0 spiro atoms. The van der Waals surface area contributed by atoms with Crippen LogP contribution in [-0.4, -0.2) is 11.7 Å². The molecule has 0 aromatic rings. The summed E-state index contributed by atoms with van der Waals surface area (Å²) in [7, 11) is 0. The van der Waals surface area contributed by atoms with Gasteiger partial charge < -0.3 is 4.74 Å². The van der Waals surface area contributed by atoms with Crippen molar-refractivity contribution in [1.29, 1.82) is 5.26 Å². The van der Waals surface area contributed by atoms with Gasteiger partial charge in [0.1, 0.15) is 0 Å². The van der Waals surface area contributed by atoms with Crippen molar-refractivity contribution in [3.8, 4) is 6.07 Å². The second-order valence-corrected chi connectivity index (χ2v) is 2.79. The quantitative estimate of drug-likeness (QED) is 0.597. The van der Waals surface area contributed by atoms with Gasteiger partial charge in [0.2, 0.25) is 0 Å². The third-order valence-corrected chi connectivity index (χ3v) is 2.01. The maximum atomic E-state index is 10.8. The third kappa shape index (κ3) is 1.26. The van der Waals surface area contributed by atoms with Gasteiger partial charge in [-0.2, -0.15) is 5.26 Å². The minimum atomic E-state index is -0.646. The summed E-state index contributed by atoms with van der Waals surface area (Å²) in [6.07, 6.45) is 1.47. The predicted molar refractivity (Wildman–Crippen MR) is 42.0 cm³/mol. The molecule has 1 rings (SSSR count). The first-order valence-corrected chi connectivity index (χ1v) is 3.72. The smallest absolute Gasteiger partial charge is 0.412 e. The van der Waals surface area contributed by atoms with Gasteiger partial charge in [-0.3, -0.25) is 5.32 Å². The average molecular weight is 166 g/mol. The molecule has 0 aromatic heterocycles. The molecule has 0 aromatic carbocycles. The minimum Gasteiger partial charge on any atom is -0.437 e. The van der Waals surface area contributed by atoms with Gasteiger partial charge in [0.25, 0.3) is 0 Å². The summed E-state index contributed by atoms with van der Waals surface area (Å²) in [5.41, 5.74) is -0.107. The van der Waals surface area contributed by atoms with Crippen LogP contribution in [0.3, 0.4) is 0 Å². The summed E-state index contributed by atoms with van der Waals surface area (Å²) in [5, 5.41) is 10.9. The first kappa shape index (κ1) is 8.60. The van der Waals surface area contributed by atoms with E-state index in [4.69, 9.17) is 10.00 Å². The lowest BCUT2D eigenvalue weighted by molar-refractivity contribution is 0.0816. The fourth-order valence-corrected chi connectivity index (χ4v) is 1.04. The van der Waals surface area contributed by atoms with Crippen molar-refractivity contribution in [3.05, 3.63) is 11.8 Å². The monoisotopic (exact) mass is 166 g/mol. The molecule has 0 unspecified atom stereocenters. The minimum absolute atomic E-state index is 0.485. The van der Waals surface area contributed by atoms with Crippen LogP contribution in [0.15, 0.2) is 11.8 Å². The number of nitrogens with one attached hydrogen (secondary N) is 1. The number of rotatable bonds is 1. The Labute approximate surface area is 70.8 Å². The third-order valence-electron chi connectivity index (χ3n) is 2.01. The summed E-state index contributed by atoms with van der Waals surface area (Å²) in [6, 6.07) is 1.86. The van der Waals surface area contributed by atoms with Crippen LogP contribution in [-0.2, 0) is 4.74 Å². The van der Waals surface area contributed by atoms with E-state index in [1.165, 1.54) is 6.08 Å². The Hall–Kier alpha value is -1.50. The number of amides is 1. The highest BCUT2D eigenvalue weighted by atomic mass is 16.6. The standard InChI is InChI=1S/C8H10N2O2/c1-3-8(2)6(4-5-9)10-7(11)12-8/h4H,3H2,1-2H3,(H,10,11)/b6-4+/t8-/m0/s1. The number of ether oxygens (including phenoxy) is 1. The number of alkyl carbamates (subject to hydrolysis) is 1. The fourth-order valence-electron chi connectivity index (χ4n) is 1.04. The van der Waals surface area contributed by atoms with Gasteiger partial charge in [-0.15, -0.1) is 0 Å². The zero-order valence-electron chi connectivity index (χ0n) is 7.05. The van der Waals surface area contributed by atoms with Crippen molar-refractivity contribution < 1.29 is 9.53 Å². The van der Waals surface area contributed by atoms with E-state index in [0.29, 0.717) is 12.1 Å². The van der Waals surface area contributed by atoms with Crippen LogP contribution in [0.4, 0.5) is 4.79 Å². The summed E-state index contributed by atoms with van der Waals surface area (Å²) in [5.74, 6) is 0. The van der Waals surface area contributed by atoms with Crippen LogP contribution in [0, 0.1) is 11.3 Å². The molecule has 4 heteroatoms. The average Bonchev–Trinajstić information content (AvgIpc) is 2.29. The van der Waals surface area contributed by atoms with E-state index >= 15 is 0 Å². The van der Waals surface area contributed by atoms with E-state index in [1.807, 2.05) is 13.0 Å². The van der Waals surface area contributed by atoms with Gasteiger partial charge >= 0.3 is 6.09 Å². The zero-order chi connectivity index (χ0) is 9.19. The molecular weight excluding hydrogens is 156 g/mol. The molecule has 1 N–H and O–H groups in total. The molecule has 1 aliphatic rings. The molecule has 1 amide bonds. The summed E-state index contributed by atoms with van der Waals surface area (Å²) in [6.45, 7) is 3.67. The highest BCUT2D eigenvalue weighted by Crippen LogP contribution is 2.28. The Balaban J connectivity index is 2.95. The molecule has 1 fully saturated rings. The molecule has 1 aliphatic heterocycles. The summed E-state index contributed by atoms with van der Waals surface area (Å²) < 4.78 is 4.99. The van der Waals surface area contributed by atoms with E-state index in [1.54, 1.807) is 6.92 Å². The van der Waals surface area contributed by atoms with Crippen LogP contribution in [0.1, 0.15) is 20.3 Å². The van der Waals surface area contributed by atoms with E-state index in [9.17, 15) is 4.79 Å². The number of nitriles is 1. The molecule has 0 bridgehead atoms. The van der Waals surface area contributed by atoms with Crippen LogP contribution >= 0.6 is 0 Å². The van der Waals surface area contributed by atoms with Gasteiger partial charge in [-0.05, 0) is 13.3 Å². The SMILES string of the molecule is CC[C@]1(C)OC(=O)N/C1=C/C#N. The lowest BCUT2D eigenvalue weighted by Gasteiger charge is -2.19. The van der Waals surface area contributed by atoms with Crippen LogP contribution < -0.4 is 5.32 Å². The van der Waals surface area contributed by atoms with Gasteiger partial charge in [-0.1, -0.05) is 6.92 Å². The van der Waals surface area contributed by atoms with E-state index in [2.05, 4.69) is 5.32 Å². The van der Waals surface area contributed by atoms with Crippen molar-refractivity contribution in [2.45, 2.75) is 25.9 Å². The van der Waals surface area contributed by atoms with Gasteiger partial charge in [-0.25, -0.2) is 4.79 Å². The van der Waals surface area contributed by atoms with Gasteiger partial charge in [0, 0.05) is 6.08 Å². The molecule has 0 radical (unpaired) electrons. The molecule has 1 saturated heterocycles. The number of nitrogens with zero attached hydrogens (tertiary/aromatic N) is 1. The Morgan fingerprint density at radius 3 is 3.00 bits per heavy atom. The van der Waals surface area contributed by atoms with Crippen LogP contribution in [0.5, 0.6) is 0 Å². The lowest BCUT2D eigenvalue weighted by Crippen LogP contribution is -2.25. The maximum absolute atomic E-state index is 10.8. The second-order valence-electron chi connectivity index (χ2n) is 2.79. The maximum Gasteiger partial charge on any atom is 0.412 e. The van der Waals surface area contributed by atoms with Crippen molar-refractivity contribution in [2.24, 2.45) is 0 Å². The molecule has 0 saturated carbocycles. The highest BCUT2D eigenvalue weighted by molar-refractivity contribution is 5.74. The number of allylic oxidation sites excluding steroid dienone is 1. The molecule has 64 valence electrons. The first-order valence-electron chi connectivity index (χ1n) is 3.72. The number of carbonyl (C=O) groups excluding carboxylic acids is 1. The molecular formula is C8H10N2O2. The van der Waals surface area contributed by atoms with Crippen molar-refractivity contribution in [1.82, 2.24) is 5.32 Å². The lowest BCUT2D eigenvalue weighted by atomic mass is 10.00. The van der Waals surface area contributed by atoms with Crippen molar-refractivity contribution in [2.75, 3.05) is 0 Å². The topological polar surface area (TPSA) is 62.1 Å². The Bertz CT molecular complexity index is 277. The normalized spacial score (nSPS) is 31.1. The Kier molecular flexibility index (Phi) is 2.05. The molecule has 1 atom stereocenters. The van der Waals surface area contributed by atoms with Gasteiger partial charge in [0.15, 0.2) is 5.60 Å². The molecule has 4 nitrogen and oxygen atoms in total. The Morgan fingerprint density at radius 1 is 1.83 bits per heavy atom. The number of cyclic esters (lactones) is 1. The fraction of sp³-hybridized carbons (Fsp3) is 0.500. The molecule has 0 aliphatic carbocycles. The van der Waals surface area contributed by atoms with E-state index < -0.39 is 11.7 Å². The predicted octanol–water partition coefficient (Wildman–Crippen LogP) is 1.30. The molecule has 12 heavy (non-hydrogen) atoms. The number of carbonyl (C=O) groups is 1. The second kappa shape index (κ2) is 2.86. The van der Waals surface area contributed by atoms with E-state index in [-0.39, 0.29) is 0 Å². The van der Waals surface area contributed by atoms with Crippen LogP contribution in [0.2, 0.25) is 0 Å². The number of hydrogen-bond acceptors (Lipinski definition) is 3. The summed E-state index contributed by atoms with van der Waals surface area (Å²) >= 11 is 0. The van der Waals surface area contributed by atoms with Crippen LogP contribution in [0.25, 0.3) is 0 Å². The van der Waals surface area contributed by atoms with Crippen molar-refractivity contribution in [3.63, 3.8) is 0 Å². The van der Waals surface area contributed by atoms with Gasteiger partial charge in [0.05, 0.1) is 11.8 Å². The molecule has 1 heterocycles. The zero-order valence-corrected chi connectivity index (χ0v) is 7.05. The number of hydrogen-bond donors (Lipinski definition) is 1. The van der Waals surface area contributed by atoms with Crippen molar-refractivity contribution >= 4 is 6.09 Å². The first-order chi connectivity index (χ1) is 5.62. The summed E-state index contributed by atoms with van der Waals surface area (Å²) in [4.78, 5) is 10.8.